The third-order valence-corrected chi connectivity index (χ3v) is 5.00. The Morgan fingerprint density at radius 3 is 2.32 bits per heavy atom. The van der Waals surface area contributed by atoms with E-state index < -0.39 is 15.6 Å². The molecule has 1 aliphatic rings. The van der Waals surface area contributed by atoms with Crippen molar-refractivity contribution in [1.82, 2.24) is 20.3 Å². The predicted octanol–water partition coefficient (Wildman–Crippen LogP) is 1.14. The molecule has 1 saturated heterocycles. The Kier molecular flexibility index (Phi) is 9.74. The molecule has 0 aromatic rings. The molecule has 3 N–H and O–H groups in total. The number of aliphatic imine (C=N–C) groups is 1. The maximum atomic E-state index is 11.4. The second kappa shape index (κ2) is 11.0. The summed E-state index contributed by atoms with van der Waals surface area (Å²) >= 11 is 0. The van der Waals surface area contributed by atoms with Gasteiger partial charge in [0.25, 0.3) is 0 Å². The van der Waals surface area contributed by atoms with Crippen molar-refractivity contribution < 1.29 is 8.42 Å². The molecular formula is C17H37N5O2S. The van der Waals surface area contributed by atoms with Crippen LogP contribution >= 0.6 is 0 Å². The normalized spacial score (nSPS) is 18.0. The van der Waals surface area contributed by atoms with E-state index in [1.807, 2.05) is 20.8 Å². The van der Waals surface area contributed by atoms with Crippen molar-refractivity contribution in [2.24, 2.45) is 4.99 Å². The summed E-state index contributed by atoms with van der Waals surface area (Å²) in [4.78, 5) is 7.08. The van der Waals surface area contributed by atoms with Gasteiger partial charge in [0.05, 0.1) is 12.8 Å². The zero-order chi connectivity index (χ0) is 18.8. The second-order valence-corrected chi connectivity index (χ2v) is 9.24. The van der Waals surface area contributed by atoms with Crippen molar-refractivity contribution in [3.63, 3.8) is 0 Å². The standard InChI is InChI=1S/C17H37N5O2S/c1-5-18-16(20-15-17(2,3)21-25(4,23)24)19-11-10-14-22-12-8-6-7-9-13-22/h21H,5-15H2,1-4H3,(H2,18,19,20). The van der Waals surface area contributed by atoms with E-state index in [0.29, 0.717) is 6.54 Å². The Bertz CT molecular complexity index is 497. The van der Waals surface area contributed by atoms with Crippen LogP contribution in [0, 0.1) is 0 Å². The fourth-order valence-electron chi connectivity index (χ4n) is 3.02. The Morgan fingerprint density at radius 2 is 1.76 bits per heavy atom. The smallest absolute Gasteiger partial charge is 0.209 e. The number of nitrogens with zero attached hydrogens (tertiary/aromatic N) is 2. The van der Waals surface area contributed by atoms with E-state index in [4.69, 9.17) is 0 Å². The van der Waals surface area contributed by atoms with Gasteiger partial charge in [-0.2, -0.15) is 0 Å². The summed E-state index contributed by atoms with van der Waals surface area (Å²) in [5.74, 6) is 0.738. The van der Waals surface area contributed by atoms with Crippen LogP contribution in [-0.4, -0.2) is 70.3 Å². The van der Waals surface area contributed by atoms with E-state index in [0.717, 1.165) is 32.0 Å². The molecule has 0 spiro atoms. The minimum absolute atomic E-state index is 0.377. The number of guanidine groups is 1. The number of nitrogens with one attached hydrogen (secondary N) is 3. The van der Waals surface area contributed by atoms with E-state index in [1.165, 1.54) is 45.0 Å². The second-order valence-electron chi connectivity index (χ2n) is 7.49. The fraction of sp³-hybridized carbons (Fsp3) is 0.941. The molecular weight excluding hydrogens is 338 g/mol. The highest BCUT2D eigenvalue weighted by atomic mass is 32.2. The first kappa shape index (κ1) is 22.2. The molecule has 148 valence electrons. The largest absolute Gasteiger partial charge is 0.357 e. The molecule has 7 nitrogen and oxygen atoms in total. The van der Waals surface area contributed by atoms with Crippen molar-refractivity contribution >= 4 is 16.0 Å². The van der Waals surface area contributed by atoms with E-state index in [9.17, 15) is 8.42 Å². The van der Waals surface area contributed by atoms with Crippen LogP contribution < -0.4 is 15.4 Å². The maximum Gasteiger partial charge on any atom is 0.209 e. The molecule has 0 aromatic carbocycles. The molecule has 0 aliphatic carbocycles. The fourth-order valence-corrected chi connectivity index (χ4v) is 4.09. The third kappa shape index (κ3) is 11.4. The van der Waals surface area contributed by atoms with Gasteiger partial charge in [-0.25, -0.2) is 13.1 Å². The summed E-state index contributed by atoms with van der Waals surface area (Å²) in [6.07, 6.45) is 7.62. The zero-order valence-electron chi connectivity index (χ0n) is 16.4. The van der Waals surface area contributed by atoms with Crippen molar-refractivity contribution in [2.45, 2.75) is 58.4 Å². The van der Waals surface area contributed by atoms with Gasteiger partial charge in [0.1, 0.15) is 0 Å². The van der Waals surface area contributed by atoms with Gasteiger partial charge < -0.3 is 15.5 Å². The Hall–Kier alpha value is -0.860. The van der Waals surface area contributed by atoms with Crippen molar-refractivity contribution in [1.29, 1.82) is 0 Å². The van der Waals surface area contributed by atoms with Gasteiger partial charge in [0.15, 0.2) is 5.96 Å². The van der Waals surface area contributed by atoms with Gasteiger partial charge in [-0.15, -0.1) is 0 Å². The van der Waals surface area contributed by atoms with Crippen molar-refractivity contribution in [2.75, 3.05) is 45.5 Å². The first-order chi connectivity index (χ1) is 11.7. The number of hydrogen-bond donors (Lipinski definition) is 3. The monoisotopic (exact) mass is 375 g/mol. The van der Waals surface area contributed by atoms with Crippen molar-refractivity contribution in [3.05, 3.63) is 0 Å². The van der Waals surface area contributed by atoms with Crippen LogP contribution in [0.5, 0.6) is 0 Å². The number of hydrogen-bond acceptors (Lipinski definition) is 4. The van der Waals surface area contributed by atoms with Gasteiger partial charge >= 0.3 is 0 Å². The molecule has 0 unspecified atom stereocenters. The molecule has 0 atom stereocenters. The molecule has 1 aliphatic heterocycles. The van der Waals surface area contributed by atoms with Gasteiger partial charge in [-0.3, -0.25) is 4.99 Å². The Morgan fingerprint density at radius 1 is 1.12 bits per heavy atom. The molecule has 0 radical (unpaired) electrons. The summed E-state index contributed by atoms with van der Waals surface area (Å²) in [6.45, 7) is 11.3. The summed E-state index contributed by atoms with van der Waals surface area (Å²) in [7, 11) is -3.24. The lowest BCUT2D eigenvalue weighted by Crippen LogP contribution is -2.47. The quantitative estimate of drug-likeness (QED) is 0.320. The number of sulfonamides is 1. The van der Waals surface area contributed by atoms with Gasteiger partial charge in [0, 0.05) is 18.6 Å². The first-order valence-electron chi connectivity index (χ1n) is 9.45. The van der Waals surface area contributed by atoms with Gasteiger partial charge in [-0.1, -0.05) is 12.8 Å². The molecule has 0 aromatic heterocycles. The summed E-state index contributed by atoms with van der Waals surface area (Å²) in [5, 5.41) is 6.56. The Labute approximate surface area is 154 Å². The molecule has 8 heteroatoms. The van der Waals surface area contributed by atoms with Crippen molar-refractivity contribution in [3.8, 4) is 0 Å². The minimum atomic E-state index is -3.24. The number of rotatable bonds is 9. The molecule has 1 heterocycles. The van der Waals surface area contributed by atoms with E-state index in [-0.39, 0.29) is 0 Å². The van der Waals surface area contributed by atoms with Crippen LogP contribution in [0.25, 0.3) is 0 Å². The molecule has 25 heavy (non-hydrogen) atoms. The third-order valence-electron chi connectivity index (χ3n) is 4.08. The minimum Gasteiger partial charge on any atom is -0.357 e. The molecule has 1 rings (SSSR count). The zero-order valence-corrected chi connectivity index (χ0v) is 17.2. The molecule has 0 saturated carbocycles. The average molecular weight is 376 g/mol. The topological polar surface area (TPSA) is 85.8 Å². The molecule has 1 fully saturated rings. The number of likely N-dealkylation sites (tertiary alicyclic amines) is 1. The summed E-state index contributed by atoms with van der Waals surface area (Å²) in [5.41, 5.74) is -0.609. The average Bonchev–Trinajstić information content (AvgIpc) is 2.75. The maximum absolute atomic E-state index is 11.4. The highest BCUT2D eigenvalue weighted by Crippen LogP contribution is 2.09. The molecule has 0 amide bonds. The lowest BCUT2D eigenvalue weighted by molar-refractivity contribution is 0.282. The Balaban J connectivity index is 2.39. The van der Waals surface area contributed by atoms with Gasteiger partial charge in [0.2, 0.25) is 10.0 Å². The van der Waals surface area contributed by atoms with Crippen LogP contribution in [0.15, 0.2) is 4.99 Å². The highest BCUT2D eigenvalue weighted by Gasteiger charge is 2.21. The summed E-state index contributed by atoms with van der Waals surface area (Å²) < 4.78 is 25.4. The van der Waals surface area contributed by atoms with E-state index >= 15 is 0 Å². The van der Waals surface area contributed by atoms with Gasteiger partial charge in [-0.05, 0) is 59.7 Å². The lowest BCUT2D eigenvalue weighted by atomic mass is 10.1. The van der Waals surface area contributed by atoms with E-state index in [2.05, 4.69) is 25.2 Å². The first-order valence-corrected chi connectivity index (χ1v) is 11.3. The van der Waals surface area contributed by atoms with Crippen LogP contribution in [0.3, 0.4) is 0 Å². The van der Waals surface area contributed by atoms with E-state index in [1.54, 1.807) is 0 Å². The van der Waals surface area contributed by atoms with Crippen LogP contribution in [0.1, 0.15) is 52.9 Å². The summed E-state index contributed by atoms with van der Waals surface area (Å²) in [6, 6.07) is 0. The SMILES string of the molecule is CCNC(=NCC(C)(C)NS(C)(=O)=O)NCCCN1CCCCCC1. The predicted molar refractivity (Wildman–Crippen MR) is 106 cm³/mol. The lowest BCUT2D eigenvalue weighted by Gasteiger charge is -2.23. The van der Waals surface area contributed by atoms with Crippen LogP contribution in [-0.2, 0) is 10.0 Å². The van der Waals surface area contributed by atoms with Crippen LogP contribution in [0.4, 0.5) is 0 Å². The highest BCUT2D eigenvalue weighted by molar-refractivity contribution is 7.88. The molecule has 0 bridgehead atoms. The van der Waals surface area contributed by atoms with Crippen LogP contribution in [0.2, 0.25) is 0 Å².